The van der Waals surface area contributed by atoms with Crippen molar-refractivity contribution in [1.82, 2.24) is 9.88 Å². The minimum Gasteiger partial charge on any atom is -0.481 e. The van der Waals surface area contributed by atoms with Gasteiger partial charge in [-0.25, -0.2) is 0 Å². The number of alkyl halides is 3. The van der Waals surface area contributed by atoms with Crippen LogP contribution in [0.3, 0.4) is 0 Å². The first-order chi connectivity index (χ1) is 18.0. The number of amides is 1. The molecule has 0 saturated carbocycles. The molecular weight excluding hydrogens is 497 g/mol. The number of aliphatic carboxylic acids is 1. The van der Waals surface area contributed by atoms with Crippen LogP contribution in [0.25, 0.3) is 22.4 Å². The first-order valence-corrected chi connectivity index (χ1v) is 11.5. The number of rotatable bonds is 7. The average molecular weight is 521 g/mol. The Bertz CT molecular complexity index is 1500. The molecule has 0 bridgehead atoms. The summed E-state index contributed by atoms with van der Waals surface area (Å²) in [5.41, 5.74) is 2.06. The number of nitrogens with one attached hydrogen (secondary N) is 1. The van der Waals surface area contributed by atoms with Crippen LogP contribution < -0.4 is 0 Å². The normalized spacial score (nSPS) is 11.3. The number of hydrogen-bond acceptors (Lipinski definition) is 3. The minimum absolute atomic E-state index is 0.104. The van der Waals surface area contributed by atoms with Crippen molar-refractivity contribution in [2.45, 2.75) is 12.6 Å². The van der Waals surface area contributed by atoms with Crippen molar-refractivity contribution in [2.24, 2.45) is 0 Å². The fourth-order valence-electron chi connectivity index (χ4n) is 4.16. The summed E-state index contributed by atoms with van der Waals surface area (Å²) >= 11 is 0. The molecule has 4 rings (SSSR count). The summed E-state index contributed by atoms with van der Waals surface area (Å²) < 4.78 is 39.1. The predicted molar refractivity (Wildman–Crippen MR) is 136 cm³/mol. The lowest BCUT2D eigenvalue weighted by Crippen LogP contribution is -2.24. The molecular formula is C29H23F3N2O4. The molecule has 38 heavy (non-hydrogen) atoms. The van der Waals surface area contributed by atoms with Gasteiger partial charge >= 0.3 is 12.1 Å². The van der Waals surface area contributed by atoms with Crippen LogP contribution in [0.5, 0.6) is 0 Å². The van der Waals surface area contributed by atoms with E-state index in [-0.39, 0.29) is 23.1 Å². The number of halogens is 3. The molecule has 1 aromatic heterocycles. The van der Waals surface area contributed by atoms with Gasteiger partial charge in [-0.1, -0.05) is 60.7 Å². The molecule has 0 atom stereocenters. The van der Waals surface area contributed by atoms with Crippen LogP contribution in [-0.4, -0.2) is 46.7 Å². The first kappa shape index (κ1) is 26.4. The maximum Gasteiger partial charge on any atom is 0.416 e. The predicted octanol–water partition coefficient (Wildman–Crippen LogP) is 5.93. The summed E-state index contributed by atoms with van der Waals surface area (Å²) in [5.74, 6) is -1.87. The molecule has 194 valence electrons. The van der Waals surface area contributed by atoms with E-state index >= 15 is 0 Å². The van der Waals surface area contributed by atoms with Crippen molar-refractivity contribution in [1.29, 1.82) is 0 Å². The number of aromatic amines is 1. The van der Waals surface area contributed by atoms with Gasteiger partial charge in [0.1, 0.15) is 0 Å². The summed E-state index contributed by atoms with van der Waals surface area (Å²) in [6.45, 7) is 0. The number of hydrogen-bond donors (Lipinski definition) is 2. The van der Waals surface area contributed by atoms with Crippen molar-refractivity contribution in [3.8, 4) is 22.4 Å². The number of carbonyl (C=O) groups is 3. The van der Waals surface area contributed by atoms with Gasteiger partial charge in [0.15, 0.2) is 5.78 Å². The smallest absolute Gasteiger partial charge is 0.416 e. The molecule has 0 radical (unpaired) electrons. The van der Waals surface area contributed by atoms with E-state index in [9.17, 15) is 27.6 Å². The van der Waals surface area contributed by atoms with Gasteiger partial charge < -0.3 is 15.0 Å². The van der Waals surface area contributed by atoms with Crippen molar-refractivity contribution in [2.75, 3.05) is 14.1 Å². The highest BCUT2D eigenvalue weighted by molar-refractivity contribution is 6.19. The lowest BCUT2D eigenvalue weighted by molar-refractivity contribution is -0.138. The zero-order chi connectivity index (χ0) is 27.6. The first-order valence-electron chi connectivity index (χ1n) is 11.5. The monoisotopic (exact) mass is 520 g/mol. The number of H-pyrrole nitrogens is 1. The molecule has 0 aliphatic carbocycles. The maximum absolute atomic E-state index is 13.8. The van der Waals surface area contributed by atoms with E-state index in [0.29, 0.717) is 27.9 Å². The highest BCUT2D eigenvalue weighted by Crippen LogP contribution is 2.34. The van der Waals surface area contributed by atoms with E-state index in [0.717, 1.165) is 12.1 Å². The van der Waals surface area contributed by atoms with Gasteiger partial charge in [-0.2, -0.15) is 13.2 Å². The molecule has 4 aromatic rings. The highest BCUT2D eigenvalue weighted by Gasteiger charge is 2.31. The Morgan fingerprint density at radius 3 is 2.03 bits per heavy atom. The molecule has 0 aliphatic rings. The van der Waals surface area contributed by atoms with Crippen LogP contribution in [-0.2, 0) is 17.4 Å². The number of aromatic nitrogens is 1. The van der Waals surface area contributed by atoms with E-state index in [1.807, 2.05) is 0 Å². The second-order valence-corrected chi connectivity index (χ2v) is 8.87. The van der Waals surface area contributed by atoms with Crippen LogP contribution in [0.2, 0.25) is 0 Å². The van der Waals surface area contributed by atoms with Crippen molar-refractivity contribution >= 4 is 17.7 Å². The van der Waals surface area contributed by atoms with Crippen LogP contribution in [0.4, 0.5) is 13.2 Å². The number of ketones is 1. The summed E-state index contributed by atoms with van der Waals surface area (Å²) in [4.78, 5) is 42.4. The number of carbonyl (C=O) groups excluding carboxylic acids is 2. The van der Waals surface area contributed by atoms with E-state index in [4.69, 9.17) is 5.11 Å². The lowest BCUT2D eigenvalue weighted by Gasteiger charge is -2.14. The zero-order valence-electron chi connectivity index (χ0n) is 20.5. The number of carboxylic acid groups (broad SMARTS) is 1. The molecule has 0 spiro atoms. The van der Waals surface area contributed by atoms with Gasteiger partial charge in [0, 0.05) is 25.9 Å². The fraction of sp³-hybridized carbons (Fsp3) is 0.138. The molecule has 0 unspecified atom stereocenters. The molecule has 3 aromatic carbocycles. The lowest BCUT2D eigenvalue weighted by atomic mass is 9.92. The Balaban J connectivity index is 1.79. The molecule has 0 fully saturated rings. The van der Waals surface area contributed by atoms with Gasteiger partial charge in [0.25, 0.3) is 5.91 Å². The van der Waals surface area contributed by atoms with Crippen LogP contribution in [0.15, 0.2) is 79.0 Å². The van der Waals surface area contributed by atoms with Crippen LogP contribution >= 0.6 is 0 Å². The number of nitrogens with zero attached hydrogens (tertiary/aromatic N) is 1. The molecule has 2 N–H and O–H groups in total. The van der Waals surface area contributed by atoms with E-state index < -0.39 is 29.4 Å². The largest absolute Gasteiger partial charge is 0.481 e. The van der Waals surface area contributed by atoms with Gasteiger partial charge in [-0.15, -0.1) is 0 Å². The number of carboxylic acids is 1. The van der Waals surface area contributed by atoms with E-state index in [1.165, 1.54) is 23.2 Å². The Labute approximate surface area is 216 Å². The Kier molecular flexibility index (Phi) is 7.21. The Morgan fingerprint density at radius 1 is 0.842 bits per heavy atom. The molecule has 0 aliphatic heterocycles. The Morgan fingerprint density at radius 2 is 1.45 bits per heavy atom. The summed E-state index contributed by atoms with van der Waals surface area (Å²) in [6, 6.07) is 17.7. The van der Waals surface area contributed by atoms with Crippen LogP contribution in [0.1, 0.15) is 37.4 Å². The molecule has 1 heterocycles. The summed E-state index contributed by atoms with van der Waals surface area (Å²) in [6.07, 6.45) is -3.20. The van der Waals surface area contributed by atoms with E-state index in [1.54, 1.807) is 62.6 Å². The van der Waals surface area contributed by atoms with Crippen molar-refractivity contribution in [3.63, 3.8) is 0 Å². The third-order valence-electron chi connectivity index (χ3n) is 6.04. The molecule has 9 heteroatoms. The molecule has 6 nitrogen and oxygen atoms in total. The van der Waals surface area contributed by atoms with E-state index in [2.05, 4.69) is 4.98 Å². The van der Waals surface area contributed by atoms with Crippen molar-refractivity contribution in [3.05, 3.63) is 107 Å². The minimum atomic E-state index is -4.48. The quantitative estimate of drug-likeness (QED) is 0.296. The topological polar surface area (TPSA) is 90.5 Å². The van der Waals surface area contributed by atoms with Gasteiger partial charge in [0.2, 0.25) is 0 Å². The van der Waals surface area contributed by atoms with Crippen LogP contribution in [0, 0.1) is 0 Å². The third-order valence-corrected chi connectivity index (χ3v) is 6.04. The summed E-state index contributed by atoms with van der Waals surface area (Å²) in [5, 5.41) is 9.01. The second-order valence-electron chi connectivity index (χ2n) is 8.87. The zero-order valence-corrected chi connectivity index (χ0v) is 20.5. The van der Waals surface area contributed by atoms with Gasteiger partial charge in [0.05, 0.1) is 28.8 Å². The van der Waals surface area contributed by atoms with Crippen molar-refractivity contribution < 1.29 is 32.7 Å². The molecule has 1 amide bonds. The summed E-state index contributed by atoms with van der Waals surface area (Å²) in [7, 11) is 3.11. The van der Waals surface area contributed by atoms with Gasteiger partial charge in [-0.05, 0) is 34.4 Å². The third kappa shape index (κ3) is 5.36. The molecule has 0 saturated heterocycles. The maximum atomic E-state index is 13.8. The average Bonchev–Trinajstić information content (AvgIpc) is 3.32. The Hall–Kier alpha value is -4.66. The second kappa shape index (κ2) is 10.4. The van der Waals surface area contributed by atoms with Gasteiger partial charge in [-0.3, -0.25) is 14.4 Å². The highest BCUT2D eigenvalue weighted by atomic mass is 19.4. The fourth-order valence-corrected chi connectivity index (χ4v) is 4.16. The number of benzene rings is 3. The SMILES string of the molecule is CN(C)C(=O)c1c(C(=O)c2ccccc2-c2ccc(C(F)(F)F)cc2)c[nH]c1-c1ccc(CC(=O)O)cc1. The standard InChI is InChI=1S/C29H23F3N2O4/c1-34(2)28(38)25-23(16-33-26(25)19-9-7-17(8-10-19)15-24(35)36)27(37)22-6-4-3-5-21(22)18-11-13-20(14-12-18)29(30,31)32/h3-14,16,33H,15H2,1-2H3,(H,35,36).